The van der Waals surface area contributed by atoms with Gasteiger partial charge in [-0.1, -0.05) is 0 Å². The molecule has 0 aliphatic carbocycles. The molecule has 1 amide bonds. The number of morpholine rings is 1. The van der Waals surface area contributed by atoms with Gasteiger partial charge in [0.2, 0.25) is 5.95 Å². The van der Waals surface area contributed by atoms with E-state index in [9.17, 15) is 13.6 Å². The van der Waals surface area contributed by atoms with Crippen molar-refractivity contribution in [2.45, 2.75) is 0 Å². The molecule has 35 heavy (non-hydrogen) atoms. The summed E-state index contributed by atoms with van der Waals surface area (Å²) in [5, 5.41) is 3.13. The molecule has 2 aliphatic rings. The van der Waals surface area contributed by atoms with E-state index in [0.717, 1.165) is 24.8 Å². The lowest BCUT2D eigenvalue weighted by molar-refractivity contribution is 0.0993. The van der Waals surface area contributed by atoms with E-state index in [1.807, 2.05) is 18.2 Å². The number of methoxy groups -OCH3 is 1. The molecule has 0 radical (unpaired) electrons. The minimum absolute atomic E-state index is 0.0294. The SMILES string of the molecule is COc1cc(N2CCOCC2)ccc1Nc1ncc2c(n1)N(C)c1c(ccc(F)c1F)C(=O)N2C. The molecule has 11 heteroatoms. The van der Waals surface area contributed by atoms with E-state index in [-0.39, 0.29) is 23.0 Å². The van der Waals surface area contributed by atoms with Gasteiger partial charge < -0.3 is 29.5 Å². The van der Waals surface area contributed by atoms with Crippen molar-refractivity contribution in [2.24, 2.45) is 0 Å². The van der Waals surface area contributed by atoms with Gasteiger partial charge in [0.25, 0.3) is 5.91 Å². The molecule has 1 aromatic heterocycles. The number of carbonyl (C=O) groups excluding carboxylic acids is 1. The highest BCUT2D eigenvalue weighted by atomic mass is 19.2. The van der Waals surface area contributed by atoms with Crippen molar-refractivity contribution in [3.8, 4) is 5.75 Å². The quantitative estimate of drug-likeness (QED) is 0.603. The Morgan fingerprint density at radius 3 is 2.60 bits per heavy atom. The fraction of sp³-hybridized carbons (Fsp3) is 0.292. The number of amides is 1. The van der Waals surface area contributed by atoms with Crippen LogP contribution < -0.4 is 24.8 Å². The predicted octanol–water partition coefficient (Wildman–Crippen LogP) is 3.70. The van der Waals surface area contributed by atoms with Crippen molar-refractivity contribution in [1.82, 2.24) is 9.97 Å². The van der Waals surface area contributed by atoms with Gasteiger partial charge in [-0.25, -0.2) is 13.8 Å². The van der Waals surface area contributed by atoms with Gasteiger partial charge in [0.05, 0.1) is 43.5 Å². The number of hydrogen-bond donors (Lipinski definition) is 1. The maximum absolute atomic E-state index is 14.8. The summed E-state index contributed by atoms with van der Waals surface area (Å²) in [6.45, 7) is 2.93. The number of fused-ring (bicyclic) bond motifs is 2. The molecule has 0 atom stereocenters. The lowest BCUT2D eigenvalue weighted by Gasteiger charge is -2.29. The van der Waals surface area contributed by atoms with Gasteiger partial charge in [-0.2, -0.15) is 4.98 Å². The molecular weight excluding hydrogens is 458 g/mol. The fourth-order valence-corrected chi connectivity index (χ4v) is 4.27. The van der Waals surface area contributed by atoms with E-state index in [4.69, 9.17) is 9.47 Å². The normalized spacial score (nSPS) is 15.5. The van der Waals surface area contributed by atoms with Gasteiger partial charge in [0, 0.05) is 38.9 Å². The molecule has 5 rings (SSSR count). The highest BCUT2D eigenvalue weighted by Gasteiger charge is 2.32. The van der Waals surface area contributed by atoms with Crippen molar-refractivity contribution in [3.05, 3.63) is 53.7 Å². The van der Waals surface area contributed by atoms with E-state index in [1.165, 1.54) is 36.2 Å². The van der Waals surface area contributed by atoms with Gasteiger partial charge in [0.15, 0.2) is 17.5 Å². The van der Waals surface area contributed by atoms with Crippen LogP contribution in [0.5, 0.6) is 5.75 Å². The predicted molar refractivity (Wildman–Crippen MR) is 128 cm³/mol. The molecule has 1 fully saturated rings. The van der Waals surface area contributed by atoms with E-state index in [0.29, 0.717) is 30.3 Å². The van der Waals surface area contributed by atoms with Gasteiger partial charge in [0.1, 0.15) is 11.4 Å². The number of ether oxygens (including phenoxy) is 2. The topological polar surface area (TPSA) is 83.1 Å². The van der Waals surface area contributed by atoms with Crippen LogP contribution >= 0.6 is 0 Å². The third-order valence-corrected chi connectivity index (χ3v) is 6.18. The van der Waals surface area contributed by atoms with Crippen LogP contribution in [-0.2, 0) is 4.74 Å². The minimum Gasteiger partial charge on any atom is -0.494 e. The Hall–Kier alpha value is -3.99. The van der Waals surface area contributed by atoms with Crippen LogP contribution in [0.1, 0.15) is 10.4 Å². The first kappa shape index (κ1) is 22.8. The van der Waals surface area contributed by atoms with Gasteiger partial charge in [-0.3, -0.25) is 4.79 Å². The molecule has 9 nitrogen and oxygen atoms in total. The number of benzene rings is 2. The minimum atomic E-state index is -1.12. The van der Waals surface area contributed by atoms with Gasteiger partial charge in [-0.15, -0.1) is 0 Å². The molecule has 182 valence electrons. The monoisotopic (exact) mass is 482 g/mol. The van der Waals surface area contributed by atoms with Crippen molar-refractivity contribution in [3.63, 3.8) is 0 Å². The number of hydrogen-bond acceptors (Lipinski definition) is 8. The van der Waals surface area contributed by atoms with E-state index in [2.05, 4.69) is 20.2 Å². The van der Waals surface area contributed by atoms with Crippen molar-refractivity contribution < 1.29 is 23.0 Å². The van der Waals surface area contributed by atoms with Gasteiger partial charge >= 0.3 is 0 Å². The van der Waals surface area contributed by atoms with Crippen LogP contribution in [0.2, 0.25) is 0 Å². The maximum Gasteiger partial charge on any atom is 0.260 e. The van der Waals surface area contributed by atoms with Crippen molar-refractivity contribution in [2.75, 3.05) is 67.5 Å². The number of anilines is 6. The second-order valence-corrected chi connectivity index (χ2v) is 8.19. The van der Waals surface area contributed by atoms with Crippen molar-refractivity contribution in [1.29, 1.82) is 0 Å². The third kappa shape index (κ3) is 3.97. The lowest BCUT2D eigenvalue weighted by Crippen LogP contribution is -2.36. The number of halogens is 2. The maximum atomic E-state index is 14.8. The number of nitrogens with zero attached hydrogens (tertiary/aromatic N) is 5. The van der Waals surface area contributed by atoms with E-state index >= 15 is 0 Å². The summed E-state index contributed by atoms with van der Waals surface area (Å²) in [4.78, 5) is 26.7. The Balaban J connectivity index is 1.51. The number of aromatic nitrogens is 2. The summed E-state index contributed by atoms with van der Waals surface area (Å²) >= 11 is 0. The molecule has 0 spiro atoms. The Morgan fingerprint density at radius 1 is 1.09 bits per heavy atom. The largest absolute Gasteiger partial charge is 0.494 e. The zero-order valence-electron chi connectivity index (χ0n) is 19.5. The number of carbonyl (C=O) groups is 1. The first-order valence-corrected chi connectivity index (χ1v) is 11.0. The summed E-state index contributed by atoms with van der Waals surface area (Å²) in [5.74, 6) is -1.62. The molecule has 1 N–H and O–H groups in total. The summed E-state index contributed by atoms with van der Waals surface area (Å²) < 4.78 is 39.8. The molecular formula is C24H24F2N6O3. The molecule has 3 heterocycles. The average molecular weight is 482 g/mol. The standard InChI is InChI=1S/C24H24F2N6O3/c1-30-18-13-27-24(28-17-7-4-14(12-19(17)34-3)32-8-10-35-11-9-32)29-22(18)31(2)21-15(23(30)33)5-6-16(25)20(21)26/h4-7,12-13H,8-11H2,1-3H3,(H,27,28,29). The van der Waals surface area contributed by atoms with Crippen LogP contribution in [-0.4, -0.2) is 63.4 Å². The fourth-order valence-electron chi connectivity index (χ4n) is 4.27. The summed E-state index contributed by atoms with van der Waals surface area (Å²) in [7, 11) is 4.64. The molecule has 2 aliphatic heterocycles. The lowest BCUT2D eigenvalue weighted by atomic mass is 10.1. The molecule has 0 saturated carbocycles. The van der Waals surface area contributed by atoms with Crippen LogP contribution in [0.15, 0.2) is 36.5 Å². The Morgan fingerprint density at radius 2 is 1.86 bits per heavy atom. The zero-order valence-corrected chi connectivity index (χ0v) is 19.5. The molecule has 0 bridgehead atoms. The Kier molecular flexibility index (Phi) is 5.85. The van der Waals surface area contributed by atoms with E-state index < -0.39 is 17.5 Å². The molecule has 3 aromatic rings. The summed E-state index contributed by atoms with van der Waals surface area (Å²) in [6, 6.07) is 7.96. The second-order valence-electron chi connectivity index (χ2n) is 8.19. The molecule has 2 aromatic carbocycles. The molecule has 0 unspecified atom stereocenters. The average Bonchev–Trinajstić information content (AvgIpc) is 2.96. The number of nitrogens with one attached hydrogen (secondary N) is 1. The molecule has 1 saturated heterocycles. The smallest absolute Gasteiger partial charge is 0.260 e. The summed E-state index contributed by atoms with van der Waals surface area (Å²) in [6.07, 6.45) is 1.47. The van der Waals surface area contributed by atoms with Crippen molar-refractivity contribution >= 4 is 40.4 Å². The highest BCUT2D eigenvalue weighted by molar-refractivity contribution is 6.13. The third-order valence-electron chi connectivity index (χ3n) is 6.18. The van der Waals surface area contributed by atoms with Crippen LogP contribution in [0.4, 0.5) is 43.3 Å². The zero-order chi connectivity index (χ0) is 24.7. The first-order valence-electron chi connectivity index (χ1n) is 11.0. The van der Waals surface area contributed by atoms with Crippen LogP contribution in [0.3, 0.4) is 0 Å². The Bertz CT molecular complexity index is 1300. The van der Waals surface area contributed by atoms with Crippen LogP contribution in [0, 0.1) is 11.6 Å². The van der Waals surface area contributed by atoms with Crippen LogP contribution in [0.25, 0.3) is 0 Å². The van der Waals surface area contributed by atoms with E-state index in [1.54, 1.807) is 7.11 Å². The highest BCUT2D eigenvalue weighted by Crippen LogP contribution is 2.40. The Labute approximate surface area is 200 Å². The van der Waals surface area contributed by atoms with Gasteiger partial charge in [-0.05, 0) is 24.3 Å². The number of rotatable bonds is 4. The summed E-state index contributed by atoms with van der Waals surface area (Å²) in [5.41, 5.74) is 1.84. The first-order chi connectivity index (χ1) is 16.9. The second kappa shape index (κ2) is 8.99.